The molecule has 1 aromatic heterocycles. The number of benzene rings is 10. The molecular weight excluding hydrogens is 791 g/mol. The van der Waals surface area contributed by atoms with Crippen LogP contribution in [0.2, 0.25) is 0 Å². The van der Waals surface area contributed by atoms with Crippen LogP contribution in [-0.4, -0.2) is 12.7 Å². The van der Waals surface area contributed by atoms with Gasteiger partial charge in [-0.15, -0.1) is 0 Å². The highest BCUT2D eigenvalue weighted by molar-refractivity contribution is 6.99. The second kappa shape index (κ2) is 12.6. The molecule has 0 unspecified atom stereocenters. The van der Waals surface area contributed by atoms with Gasteiger partial charge in [-0.1, -0.05) is 187 Å². The van der Waals surface area contributed by atoms with Crippen molar-refractivity contribution < 1.29 is 9.21 Å². The van der Waals surface area contributed by atoms with Crippen molar-refractivity contribution in [2.24, 2.45) is 0 Å². The number of carbonyl (C=O) groups excluding carboxylic acids is 1. The fraction of sp³-hybridized carbons (Fsp3) is 0.0167. The van der Waals surface area contributed by atoms with Crippen LogP contribution in [0.3, 0.4) is 0 Å². The lowest BCUT2D eigenvalue weighted by Gasteiger charge is -2.43. The van der Waals surface area contributed by atoms with Crippen molar-refractivity contribution in [2.45, 2.75) is 5.41 Å². The molecule has 0 saturated heterocycles. The second-order valence-electron chi connectivity index (χ2n) is 17.8. The molecule has 2 aliphatic carbocycles. The molecule has 4 aliphatic rings. The van der Waals surface area contributed by atoms with Gasteiger partial charge in [0.25, 0.3) is 0 Å². The van der Waals surface area contributed by atoms with Crippen molar-refractivity contribution in [3.8, 4) is 33.4 Å². The van der Waals surface area contributed by atoms with Gasteiger partial charge in [0.05, 0.1) is 22.5 Å². The highest BCUT2D eigenvalue weighted by Crippen LogP contribution is 2.65. The van der Waals surface area contributed by atoms with Crippen LogP contribution in [0.25, 0.3) is 66.1 Å². The van der Waals surface area contributed by atoms with E-state index in [0.29, 0.717) is 0 Å². The summed E-state index contributed by atoms with van der Waals surface area (Å²) in [5.74, 6) is 0. The zero-order valence-electron chi connectivity index (χ0n) is 35.0. The average molecular weight is 827 g/mol. The summed E-state index contributed by atoms with van der Waals surface area (Å²) < 4.78 is 6.64. The summed E-state index contributed by atoms with van der Waals surface area (Å²) in [5.41, 5.74) is 20.0. The van der Waals surface area contributed by atoms with Crippen molar-refractivity contribution in [1.29, 1.82) is 0 Å². The van der Waals surface area contributed by atoms with Crippen molar-refractivity contribution >= 4 is 84.6 Å². The molecule has 0 saturated carbocycles. The molecule has 2 amide bonds. The Morgan fingerprint density at radius 3 is 1.85 bits per heavy atom. The van der Waals surface area contributed by atoms with Crippen LogP contribution in [0.15, 0.2) is 217 Å². The van der Waals surface area contributed by atoms with E-state index < -0.39 is 5.41 Å². The smallest absolute Gasteiger partial charge is 0.338 e. The van der Waals surface area contributed by atoms with Crippen LogP contribution in [0.1, 0.15) is 22.3 Å². The third-order valence-corrected chi connectivity index (χ3v) is 14.9. The number of carbonyl (C=O) groups is 1. The highest BCUT2D eigenvalue weighted by Gasteiger charge is 2.53. The van der Waals surface area contributed by atoms with Crippen molar-refractivity contribution in [3.63, 3.8) is 0 Å². The van der Waals surface area contributed by atoms with Crippen LogP contribution >= 0.6 is 0 Å². The molecule has 0 bridgehead atoms. The van der Waals surface area contributed by atoms with Gasteiger partial charge in [0.1, 0.15) is 11.2 Å². The minimum atomic E-state index is -0.546. The van der Waals surface area contributed by atoms with Crippen LogP contribution < -0.4 is 26.2 Å². The number of rotatable bonds is 3. The van der Waals surface area contributed by atoms with Crippen LogP contribution in [0.4, 0.5) is 27.5 Å². The summed E-state index contributed by atoms with van der Waals surface area (Å²) in [5, 5.41) is 4.15. The van der Waals surface area contributed by atoms with E-state index in [1.165, 1.54) is 38.8 Å². The maximum Gasteiger partial charge on any atom is 0.338 e. The number of furan rings is 1. The molecule has 0 N–H and O–H groups in total. The SMILES string of the molecule is O=C1N(c2cccc3c2-c2ccccc2C32c3ccccc3-c3ccccc32)c2cccc3ccc4c(c23)N1c1cc2c(cc1B4c1ccccc1-c1ccccc1)oc1ccccc12. The maximum atomic E-state index is 16.4. The Labute approximate surface area is 375 Å². The van der Waals surface area contributed by atoms with Crippen molar-refractivity contribution in [1.82, 2.24) is 0 Å². The second-order valence-corrected chi connectivity index (χ2v) is 17.8. The predicted molar refractivity (Wildman–Crippen MR) is 267 cm³/mol. The first-order valence-electron chi connectivity index (χ1n) is 22.4. The molecule has 4 nitrogen and oxygen atoms in total. The van der Waals surface area contributed by atoms with Crippen molar-refractivity contribution in [3.05, 3.63) is 235 Å². The Bertz CT molecular complexity index is 3860. The average Bonchev–Trinajstić information content (AvgIpc) is 3.99. The van der Waals surface area contributed by atoms with Gasteiger partial charge in [-0.05, 0) is 96.7 Å². The fourth-order valence-corrected chi connectivity index (χ4v) is 12.4. The third kappa shape index (κ3) is 4.35. The zero-order valence-corrected chi connectivity index (χ0v) is 35.0. The van der Waals surface area contributed by atoms with E-state index in [-0.39, 0.29) is 12.7 Å². The molecular formula is C60H35BN2O2. The summed E-state index contributed by atoms with van der Waals surface area (Å²) in [6, 6.07) is 76.1. The Morgan fingerprint density at radius 1 is 0.415 bits per heavy atom. The fourth-order valence-electron chi connectivity index (χ4n) is 12.4. The third-order valence-electron chi connectivity index (χ3n) is 14.9. The number of anilines is 4. The minimum absolute atomic E-state index is 0.111. The van der Waals surface area contributed by atoms with Gasteiger partial charge in [-0.25, -0.2) is 4.79 Å². The maximum absolute atomic E-state index is 16.4. The van der Waals surface area contributed by atoms with Crippen LogP contribution in [-0.2, 0) is 5.41 Å². The Hall–Kier alpha value is -8.41. The number of nitrogens with zero attached hydrogens (tertiary/aromatic N) is 2. The van der Waals surface area contributed by atoms with Gasteiger partial charge >= 0.3 is 6.03 Å². The standard InChI is InChI=1S/C60H35BN2O2/c64-59-62(52-30-15-27-47-57(52)42-23-6-11-26-46(42)60(47)44-24-9-4-20-39(44)40-21-5-10-25-45(40)60)51-29-14-18-37-32-33-49-58(56(37)51)63(59)53-34-43-41-22-8-13-31-54(41)65-55(43)35-50(53)61(49)48-28-12-7-19-38(48)36-16-2-1-3-17-36/h1-35H. The molecule has 3 heterocycles. The molecule has 5 heteroatoms. The summed E-state index contributed by atoms with van der Waals surface area (Å²) in [6.45, 7) is -0.197. The molecule has 15 rings (SSSR count). The van der Waals surface area contributed by atoms with E-state index in [1.807, 2.05) is 21.9 Å². The highest BCUT2D eigenvalue weighted by atomic mass is 16.3. The lowest BCUT2D eigenvalue weighted by Crippen LogP contribution is -2.61. The van der Waals surface area contributed by atoms with Crippen LogP contribution in [0, 0.1) is 0 Å². The summed E-state index contributed by atoms with van der Waals surface area (Å²) in [7, 11) is 0. The minimum Gasteiger partial charge on any atom is -0.456 e. The molecule has 300 valence electrons. The van der Waals surface area contributed by atoms with Gasteiger partial charge in [0.2, 0.25) is 6.71 Å². The number of urea groups is 1. The van der Waals surface area contributed by atoms with E-state index in [0.717, 1.165) is 88.6 Å². The van der Waals surface area contributed by atoms with E-state index in [4.69, 9.17) is 4.42 Å². The Kier molecular flexibility index (Phi) is 6.81. The van der Waals surface area contributed by atoms with Crippen LogP contribution in [0.5, 0.6) is 0 Å². The monoisotopic (exact) mass is 826 g/mol. The van der Waals surface area contributed by atoms with E-state index in [2.05, 4.69) is 200 Å². The molecule has 65 heavy (non-hydrogen) atoms. The summed E-state index contributed by atoms with van der Waals surface area (Å²) >= 11 is 0. The summed E-state index contributed by atoms with van der Waals surface area (Å²) in [6.07, 6.45) is 0. The number of fused-ring (bicyclic) bond motifs is 15. The molecule has 0 fully saturated rings. The quantitative estimate of drug-likeness (QED) is 0.166. The van der Waals surface area contributed by atoms with E-state index in [9.17, 15) is 0 Å². The first kappa shape index (κ1) is 35.1. The number of hydrogen-bond acceptors (Lipinski definition) is 2. The molecule has 0 radical (unpaired) electrons. The van der Waals surface area contributed by atoms with Gasteiger partial charge < -0.3 is 4.42 Å². The van der Waals surface area contributed by atoms with Gasteiger partial charge in [0, 0.05) is 27.4 Å². The Balaban J connectivity index is 1.04. The van der Waals surface area contributed by atoms with Gasteiger partial charge in [0.15, 0.2) is 0 Å². The number of para-hydroxylation sites is 1. The molecule has 2 aliphatic heterocycles. The lowest BCUT2D eigenvalue weighted by molar-refractivity contribution is 0.255. The Morgan fingerprint density at radius 2 is 1.05 bits per heavy atom. The summed E-state index contributed by atoms with van der Waals surface area (Å²) in [4.78, 5) is 20.5. The molecule has 1 spiro atoms. The molecule has 0 atom stereocenters. The van der Waals surface area contributed by atoms with Gasteiger partial charge in [-0.3, -0.25) is 9.80 Å². The largest absolute Gasteiger partial charge is 0.456 e. The topological polar surface area (TPSA) is 36.7 Å². The first-order chi connectivity index (χ1) is 32.2. The lowest BCUT2D eigenvalue weighted by atomic mass is 9.34. The first-order valence-corrected chi connectivity index (χ1v) is 22.4. The van der Waals surface area contributed by atoms with E-state index in [1.54, 1.807) is 0 Å². The molecule has 10 aromatic carbocycles. The molecule has 11 aromatic rings. The van der Waals surface area contributed by atoms with E-state index >= 15 is 4.79 Å². The predicted octanol–water partition coefficient (Wildman–Crippen LogP) is 13.0. The van der Waals surface area contributed by atoms with Gasteiger partial charge in [-0.2, -0.15) is 0 Å². The van der Waals surface area contributed by atoms with Crippen molar-refractivity contribution in [2.75, 3.05) is 9.80 Å². The number of amides is 2. The normalized spacial score (nSPS) is 14.5. The zero-order chi connectivity index (χ0) is 42.5. The number of hydrogen-bond donors (Lipinski definition) is 0.